The van der Waals surface area contributed by atoms with Gasteiger partial charge in [0.05, 0.1) is 6.10 Å². The highest BCUT2D eigenvalue weighted by atomic mass is 16.3. The second-order valence-corrected chi connectivity index (χ2v) is 5.40. The largest absolute Gasteiger partial charge is 0.387 e. The van der Waals surface area contributed by atoms with E-state index in [9.17, 15) is 5.11 Å². The Bertz CT molecular complexity index is 349. The molecule has 1 aromatic carbocycles. The number of hydrogen-bond acceptors (Lipinski definition) is 3. The molecule has 1 heterocycles. The van der Waals surface area contributed by atoms with Crippen molar-refractivity contribution in [3.63, 3.8) is 0 Å². The fourth-order valence-electron chi connectivity index (χ4n) is 2.88. The van der Waals surface area contributed by atoms with Crippen molar-refractivity contribution in [1.82, 2.24) is 10.2 Å². The summed E-state index contributed by atoms with van der Waals surface area (Å²) >= 11 is 0. The number of nitrogens with one attached hydrogen (secondary N) is 1. The van der Waals surface area contributed by atoms with Gasteiger partial charge in [-0.15, -0.1) is 0 Å². The molecule has 0 bridgehead atoms. The molecule has 0 aromatic heterocycles. The third-order valence-electron chi connectivity index (χ3n) is 3.93. The summed E-state index contributed by atoms with van der Waals surface area (Å²) in [6.07, 6.45) is 3.16. The summed E-state index contributed by atoms with van der Waals surface area (Å²) in [4.78, 5) is 2.47. The van der Waals surface area contributed by atoms with Gasteiger partial charge in [-0.2, -0.15) is 0 Å². The predicted molar refractivity (Wildman–Crippen MR) is 79.2 cm³/mol. The highest BCUT2D eigenvalue weighted by Crippen LogP contribution is 2.19. The number of nitrogens with zero attached hydrogens (tertiary/aromatic N) is 1. The molecule has 1 aromatic rings. The van der Waals surface area contributed by atoms with Crippen molar-refractivity contribution in [2.45, 2.75) is 38.3 Å². The van der Waals surface area contributed by atoms with Gasteiger partial charge in [-0.25, -0.2) is 0 Å². The van der Waals surface area contributed by atoms with Gasteiger partial charge in [0.2, 0.25) is 0 Å². The second kappa shape index (κ2) is 7.63. The third kappa shape index (κ3) is 4.30. The van der Waals surface area contributed by atoms with Gasteiger partial charge in [0.1, 0.15) is 0 Å². The lowest BCUT2D eigenvalue weighted by atomic mass is 10.0. The Balaban J connectivity index is 1.95. The van der Waals surface area contributed by atoms with Gasteiger partial charge in [0.15, 0.2) is 0 Å². The van der Waals surface area contributed by atoms with E-state index in [1.807, 2.05) is 30.3 Å². The smallest absolute Gasteiger partial charge is 0.0917 e. The lowest BCUT2D eigenvalue weighted by Gasteiger charge is -2.35. The first-order chi connectivity index (χ1) is 9.31. The summed E-state index contributed by atoms with van der Waals surface area (Å²) < 4.78 is 0. The lowest BCUT2D eigenvalue weighted by Crippen LogP contribution is -2.45. The van der Waals surface area contributed by atoms with E-state index in [0.717, 1.165) is 38.2 Å². The van der Waals surface area contributed by atoms with Crippen molar-refractivity contribution in [2.24, 2.45) is 0 Å². The van der Waals surface area contributed by atoms with Gasteiger partial charge in [-0.05, 0) is 44.5 Å². The van der Waals surface area contributed by atoms with Crippen LogP contribution in [0.25, 0.3) is 0 Å². The minimum Gasteiger partial charge on any atom is -0.387 e. The maximum Gasteiger partial charge on any atom is 0.0917 e. The van der Waals surface area contributed by atoms with Crippen LogP contribution in [0.3, 0.4) is 0 Å². The minimum atomic E-state index is -0.373. The van der Waals surface area contributed by atoms with Gasteiger partial charge in [-0.3, -0.25) is 4.90 Å². The van der Waals surface area contributed by atoms with E-state index in [1.165, 1.54) is 12.8 Å². The van der Waals surface area contributed by atoms with Crippen LogP contribution in [0.5, 0.6) is 0 Å². The van der Waals surface area contributed by atoms with Gasteiger partial charge in [0.25, 0.3) is 0 Å². The molecule has 0 radical (unpaired) electrons. The molecule has 1 aliphatic heterocycles. The summed E-state index contributed by atoms with van der Waals surface area (Å²) in [7, 11) is 0. The summed E-state index contributed by atoms with van der Waals surface area (Å²) in [5, 5.41) is 13.8. The first kappa shape index (κ1) is 14.5. The Kier molecular flexibility index (Phi) is 5.83. The predicted octanol–water partition coefficient (Wildman–Crippen LogP) is 2.18. The van der Waals surface area contributed by atoms with Gasteiger partial charge in [-0.1, -0.05) is 37.3 Å². The van der Waals surface area contributed by atoms with Gasteiger partial charge < -0.3 is 10.4 Å². The highest BCUT2D eigenvalue weighted by molar-refractivity contribution is 5.17. The van der Waals surface area contributed by atoms with Crippen molar-refractivity contribution in [2.75, 3.05) is 26.2 Å². The Labute approximate surface area is 116 Å². The van der Waals surface area contributed by atoms with Crippen LogP contribution in [0.15, 0.2) is 30.3 Å². The minimum absolute atomic E-state index is 0.373. The van der Waals surface area contributed by atoms with Crippen molar-refractivity contribution < 1.29 is 5.11 Å². The van der Waals surface area contributed by atoms with E-state index in [2.05, 4.69) is 17.1 Å². The fraction of sp³-hybridized carbons (Fsp3) is 0.625. The van der Waals surface area contributed by atoms with Crippen LogP contribution in [0.1, 0.15) is 37.9 Å². The van der Waals surface area contributed by atoms with Gasteiger partial charge >= 0.3 is 0 Å². The Morgan fingerprint density at radius 1 is 1.26 bits per heavy atom. The molecular weight excluding hydrogens is 236 g/mol. The molecule has 1 saturated heterocycles. The maximum atomic E-state index is 10.4. The standard InChI is InChI=1S/C16H26N2O/c1-2-12-18(15-8-10-17-11-9-15)13-16(19)14-6-4-3-5-7-14/h3-7,15-17,19H,2,8-13H2,1H3. The average Bonchev–Trinajstić information content (AvgIpc) is 2.48. The topological polar surface area (TPSA) is 35.5 Å². The third-order valence-corrected chi connectivity index (χ3v) is 3.93. The number of piperidine rings is 1. The molecule has 1 unspecified atom stereocenters. The van der Waals surface area contributed by atoms with Crippen LogP contribution < -0.4 is 5.32 Å². The molecule has 106 valence electrons. The zero-order valence-electron chi connectivity index (χ0n) is 11.9. The van der Waals surface area contributed by atoms with E-state index in [1.54, 1.807) is 0 Å². The maximum absolute atomic E-state index is 10.4. The molecule has 0 amide bonds. The van der Waals surface area contributed by atoms with E-state index < -0.39 is 0 Å². The van der Waals surface area contributed by atoms with Crippen LogP contribution in [0.2, 0.25) is 0 Å². The van der Waals surface area contributed by atoms with E-state index in [4.69, 9.17) is 0 Å². The molecule has 1 fully saturated rings. The van der Waals surface area contributed by atoms with E-state index in [-0.39, 0.29) is 6.10 Å². The first-order valence-electron chi connectivity index (χ1n) is 7.49. The number of aliphatic hydroxyl groups is 1. The van der Waals surface area contributed by atoms with Crippen molar-refractivity contribution in [3.05, 3.63) is 35.9 Å². The SMILES string of the molecule is CCCN(CC(O)c1ccccc1)C1CCNCC1. The molecule has 3 nitrogen and oxygen atoms in total. The normalized spacial score (nSPS) is 18.7. The first-order valence-corrected chi connectivity index (χ1v) is 7.49. The Morgan fingerprint density at radius 2 is 1.95 bits per heavy atom. The molecule has 1 aliphatic rings. The number of benzene rings is 1. The molecule has 2 rings (SSSR count). The van der Waals surface area contributed by atoms with Crippen molar-refractivity contribution >= 4 is 0 Å². The van der Waals surface area contributed by atoms with Crippen LogP contribution in [0, 0.1) is 0 Å². The monoisotopic (exact) mass is 262 g/mol. The summed E-state index contributed by atoms with van der Waals surface area (Å²) in [6.45, 7) is 6.25. The molecule has 19 heavy (non-hydrogen) atoms. The molecule has 0 spiro atoms. The summed E-state index contributed by atoms with van der Waals surface area (Å²) in [5.74, 6) is 0. The van der Waals surface area contributed by atoms with Crippen LogP contribution in [-0.2, 0) is 0 Å². The highest BCUT2D eigenvalue weighted by Gasteiger charge is 2.22. The van der Waals surface area contributed by atoms with Crippen LogP contribution in [0.4, 0.5) is 0 Å². The quantitative estimate of drug-likeness (QED) is 0.825. The van der Waals surface area contributed by atoms with E-state index >= 15 is 0 Å². The van der Waals surface area contributed by atoms with Crippen LogP contribution in [-0.4, -0.2) is 42.2 Å². The second-order valence-electron chi connectivity index (χ2n) is 5.40. The molecule has 2 N–H and O–H groups in total. The molecule has 0 aliphatic carbocycles. The number of hydrogen-bond donors (Lipinski definition) is 2. The summed E-state index contributed by atoms with van der Waals surface area (Å²) in [6, 6.07) is 10.6. The molecule has 0 saturated carbocycles. The lowest BCUT2D eigenvalue weighted by molar-refractivity contribution is 0.0752. The molecular formula is C16H26N2O. The van der Waals surface area contributed by atoms with Crippen molar-refractivity contribution in [3.8, 4) is 0 Å². The number of aliphatic hydroxyl groups excluding tert-OH is 1. The number of rotatable bonds is 6. The summed E-state index contributed by atoms with van der Waals surface area (Å²) in [5.41, 5.74) is 1.03. The molecule has 3 heteroatoms. The Hall–Kier alpha value is -0.900. The fourth-order valence-corrected chi connectivity index (χ4v) is 2.88. The average molecular weight is 262 g/mol. The molecule has 1 atom stereocenters. The van der Waals surface area contributed by atoms with Crippen molar-refractivity contribution in [1.29, 1.82) is 0 Å². The van der Waals surface area contributed by atoms with Gasteiger partial charge in [0, 0.05) is 12.6 Å². The van der Waals surface area contributed by atoms with E-state index in [0.29, 0.717) is 6.04 Å². The zero-order chi connectivity index (χ0) is 13.5. The Morgan fingerprint density at radius 3 is 2.58 bits per heavy atom. The zero-order valence-corrected chi connectivity index (χ0v) is 11.9. The van der Waals surface area contributed by atoms with Crippen LogP contribution >= 0.6 is 0 Å².